The van der Waals surface area contributed by atoms with Crippen molar-refractivity contribution in [3.05, 3.63) is 27.1 Å². The highest BCUT2D eigenvalue weighted by Gasteiger charge is 2.26. The third-order valence-corrected chi connectivity index (χ3v) is 6.37. The van der Waals surface area contributed by atoms with E-state index in [-0.39, 0.29) is 11.5 Å². The number of aromatic nitrogens is 2. The minimum Gasteiger partial charge on any atom is -0.338 e. The van der Waals surface area contributed by atoms with E-state index in [4.69, 9.17) is 0 Å². The number of aryl methyl sites for hydroxylation is 2. The van der Waals surface area contributed by atoms with Gasteiger partial charge in [0.05, 0.1) is 16.6 Å². The molecule has 1 fully saturated rings. The van der Waals surface area contributed by atoms with Crippen molar-refractivity contribution in [3.8, 4) is 0 Å². The van der Waals surface area contributed by atoms with Gasteiger partial charge in [0.15, 0.2) is 0 Å². The fraction of sp³-hybridized carbons (Fsp3) is 0.632. The Morgan fingerprint density at radius 3 is 2.72 bits per heavy atom. The molecule has 1 aliphatic heterocycles. The number of unbranched alkanes of at least 4 members (excludes halogenated alkanes) is 2. The third-order valence-electron chi connectivity index (χ3n) is 5.18. The van der Waals surface area contributed by atoms with Gasteiger partial charge in [-0.25, -0.2) is 4.98 Å². The molecule has 1 amide bonds. The molecule has 0 aliphatic carbocycles. The van der Waals surface area contributed by atoms with Gasteiger partial charge < -0.3 is 4.90 Å². The molecule has 5 nitrogen and oxygen atoms in total. The summed E-state index contributed by atoms with van der Waals surface area (Å²) >= 11 is 1.36. The van der Waals surface area contributed by atoms with E-state index in [1.807, 2.05) is 11.8 Å². The highest BCUT2D eigenvalue weighted by molar-refractivity contribution is 7.20. The number of hydrogen-bond acceptors (Lipinski definition) is 4. The Morgan fingerprint density at radius 2 is 2.04 bits per heavy atom. The molecule has 0 N–H and O–H groups in total. The van der Waals surface area contributed by atoms with Crippen molar-refractivity contribution in [2.24, 2.45) is 5.92 Å². The van der Waals surface area contributed by atoms with Crippen LogP contribution in [0.1, 0.15) is 61.2 Å². The minimum absolute atomic E-state index is 0.0128. The maximum Gasteiger partial charge on any atom is 0.264 e. The Morgan fingerprint density at radius 1 is 1.32 bits per heavy atom. The minimum atomic E-state index is -0.0128. The van der Waals surface area contributed by atoms with Crippen molar-refractivity contribution in [1.29, 1.82) is 0 Å². The first-order valence-electron chi connectivity index (χ1n) is 9.30. The molecule has 0 spiro atoms. The Hall–Kier alpha value is -1.69. The van der Waals surface area contributed by atoms with Crippen LogP contribution < -0.4 is 5.56 Å². The second kappa shape index (κ2) is 7.68. The van der Waals surface area contributed by atoms with Gasteiger partial charge in [0.1, 0.15) is 4.83 Å². The monoisotopic (exact) mass is 361 g/mol. The first-order chi connectivity index (χ1) is 12.0. The summed E-state index contributed by atoms with van der Waals surface area (Å²) in [5.41, 5.74) is 0.784. The second-order valence-electron chi connectivity index (χ2n) is 7.16. The normalized spacial score (nSPS) is 15.9. The summed E-state index contributed by atoms with van der Waals surface area (Å²) in [5.74, 6) is 0.744. The van der Waals surface area contributed by atoms with Gasteiger partial charge in [-0.1, -0.05) is 26.7 Å². The van der Waals surface area contributed by atoms with Gasteiger partial charge in [0.2, 0.25) is 0 Å². The molecule has 25 heavy (non-hydrogen) atoms. The number of rotatable bonds is 5. The SMILES string of the molecule is CCCCCn1cnc2sc(C(=O)N3CCC(C)CC3)c(C)c2c1=O. The van der Waals surface area contributed by atoms with Gasteiger partial charge in [-0.15, -0.1) is 11.3 Å². The number of nitrogens with zero attached hydrogens (tertiary/aromatic N) is 3. The maximum absolute atomic E-state index is 12.9. The van der Waals surface area contributed by atoms with E-state index in [9.17, 15) is 9.59 Å². The van der Waals surface area contributed by atoms with E-state index in [1.165, 1.54) is 11.3 Å². The molecular weight excluding hydrogens is 334 g/mol. The quantitative estimate of drug-likeness (QED) is 0.761. The lowest BCUT2D eigenvalue weighted by Gasteiger charge is -2.30. The number of amides is 1. The van der Waals surface area contributed by atoms with Gasteiger partial charge in [-0.05, 0) is 37.7 Å². The van der Waals surface area contributed by atoms with Gasteiger partial charge in [-0.3, -0.25) is 14.2 Å². The second-order valence-corrected chi connectivity index (χ2v) is 8.16. The molecule has 0 unspecified atom stereocenters. The molecule has 2 aromatic rings. The van der Waals surface area contributed by atoms with Crippen LogP contribution >= 0.6 is 11.3 Å². The van der Waals surface area contributed by atoms with E-state index in [0.29, 0.717) is 27.6 Å². The first kappa shape index (κ1) is 18.1. The summed E-state index contributed by atoms with van der Waals surface area (Å²) in [4.78, 5) is 33.5. The predicted octanol–water partition coefficient (Wildman–Crippen LogP) is 3.83. The summed E-state index contributed by atoms with van der Waals surface area (Å²) in [6, 6.07) is 0. The molecule has 0 bridgehead atoms. The summed E-state index contributed by atoms with van der Waals surface area (Å²) in [5, 5.41) is 0.623. The zero-order valence-corrected chi connectivity index (χ0v) is 16.2. The number of piperidine rings is 1. The Kier molecular flexibility index (Phi) is 5.57. The van der Waals surface area contributed by atoms with Crippen molar-refractivity contribution in [2.75, 3.05) is 13.1 Å². The third kappa shape index (κ3) is 3.64. The highest BCUT2D eigenvalue weighted by atomic mass is 32.1. The molecule has 0 saturated carbocycles. The summed E-state index contributed by atoms with van der Waals surface area (Å²) < 4.78 is 1.69. The number of likely N-dealkylation sites (tertiary alicyclic amines) is 1. The number of hydrogen-bond donors (Lipinski definition) is 0. The summed E-state index contributed by atoms with van der Waals surface area (Å²) in [7, 11) is 0. The molecule has 1 aliphatic rings. The molecule has 0 aromatic carbocycles. The average molecular weight is 362 g/mol. The summed E-state index contributed by atoms with van der Waals surface area (Å²) in [6.07, 6.45) is 6.94. The van der Waals surface area contributed by atoms with Crippen molar-refractivity contribution in [2.45, 2.75) is 59.4 Å². The number of fused-ring (bicyclic) bond motifs is 1. The van der Waals surface area contributed by atoms with Gasteiger partial charge in [-0.2, -0.15) is 0 Å². The van der Waals surface area contributed by atoms with Crippen molar-refractivity contribution in [3.63, 3.8) is 0 Å². The van der Waals surface area contributed by atoms with Crippen LogP contribution in [-0.2, 0) is 6.54 Å². The number of carbonyl (C=O) groups is 1. The first-order valence-corrected chi connectivity index (χ1v) is 10.1. The Bertz CT molecular complexity index is 816. The molecule has 0 radical (unpaired) electrons. The fourth-order valence-electron chi connectivity index (χ4n) is 3.41. The zero-order chi connectivity index (χ0) is 18.0. The van der Waals surface area contributed by atoms with Crippen LogP contribution in [0, 0.1) is 12.8 Å². The van der Waals surface area contributed by atoms with Crippen molar-refractivity contribution < 1.29 is 4.79 Å². The van der Waals surface area contributed by atoms with E-state index in [0.717, 1.165) is 50.8 Å². The van der Waals surface area contributed by atoms with Crippen LogP contribution in [-0.4, -0.2) is 33.4 Å². The van der Waals surface area contributed by atoms with Crippen LogP contribution in [0.15, 0.2) is 11.1 Å². The van der Waals surface area contributed by atoms with E-state index >= 15 is 0 Å². The van der Waals surface area contributed by atoms with Crippen LogP contribution in [0.4, 0.5) is 0 Å². The molecule has 3 rings (SSSR count). The van der Waals surface area contributed by atoms with Crippen molar-refractivity contribution in [1.82, 2.24) is 14.5 Å². The Labute approximate surface area is 152 Å². The van der Waals surface area contributed by atoms with Gasteiger partial charge >= 0.3 is 0 Å². The Balaban J connectivity index is 1.90. The largest absolute Gasteiger partial charge is 0.338 e. The lowest BCUT2D eigenvalue weighted by Crippen LogP contribution is -2.37. The van der Waals surface area contributed by atoms with Crippen LogP contribution in [0.2, 0.25) is 0 Å². The zero-order valence-electron chi connectivity index (χ0n) is 15.4. The molecular formula is C19H27N3O2S. The molecule has 1 saturated heterocycles. The standard InChI is InChI=1S/C19H27N3O2S/c1-4-5-6-9-22-12-20-17-15(18(22)23)14(3)16(25-17)19(24)21-10-7-13(2)8-11-21/h12-13H,4-11H2,1-3H3. The van der Waals surface area contributed by atoms with E-state index in [1.54, 1.807) is 10.9 Å². The maximum atomic E-state index is 12.9. The lowest BCUT2D eigenvalue weighted by atomic mass is 9.99. The molecule has 0 atom stereocenters. The molecule has 2 aromatic heterocycles. The predicted molar refractivity (Wildman–Crippen MR) is 102 cm³/mol. The molecule has 6 heteroatoms. The van der Waals surface area contributed by atoms with Gasteiger partial charge in [0, 0.05) is 19.6 Å². The molecule has 3 heterocycles. The fourth-order valence-corrected chi connectivity index (χ4v) is 4.52. The summed E-state index contributed by atoms with van der Waals surface area (Å²) in [6.45, 7) is 8.57. The van der Waals surface area contributed by atoms with E-state index in [2.05, 4.69) is 18.8 Å². The topological polar surface area (TPSA) is 55.2 Å². The highest BCUT2D eigenvalue weighted by Crippen LogP contribution is 2.29. The number of thiophene rings is 1. The number of carbonyl (C=O) groups excluding carboxylic acids is 1. The average Bonchev–Trinajstić information content (AvgIpc) is 2.94. The molecule has 136 valence electrons. The smallest absolute Gasteiger partial charge is 0.264 e. The van der Waals surface area contributed by atoms with Crippen LogP contribution in [0.3, 0.4) is 0 Å². The van der Waals surface area contributed by atoms with Gasteiger partial charge in [0.25, 0.3) is 11.5 Å². The van der Waals surface area contributed by atoms with Crippen molar-refractivity contribution >= 4 is 27.5 Å². The van der Waals surface area contributed by atoms with E-state index < -0.39 is 0 Å². The lowest BCUT2D eigenvalue weighted by molar-refractivity contribution is 0.0701. The van der Waals surface area contributed by atoms with Crippen LogP contribution in [0.5, 0.6) is 0 Å². The van der Waals surface area contributed by atoms with Crippen LogP contribution in [0.25, 0.3) is 10.2 Å².